The van der Waals surface area contributed by atoms with Crippen molar-refractivity contribution in [2.24, 2.45) is 0 Å². The molecule has 0 saturated carbocycles. The molecule has 2 aromatic rings. The van der Waals surface area contributed by atoms with Crippen molar-refractivity contribution in [2.75, 3.05) is 18.2 Å². The van der Waals surface area contributed by atoms with E-state index in [2.05, 4.69) is 10.3 Å². The molecule has 0 bridgehead atoms. The number of ether oxygens (including phenoxy) is 1. The summed E-state index contributed by atoms with van der Waals surface area (Å²) in [6.45, 7) is 0. The van der Waals surface area contributed by atoms with E-state index in [0.717, 1.165) is 0 Å². The van der Waals surface area contributed by atoms with Crippen molar-refractivity contribution in [2.45, 2.75) is 0 Å². The smallest absolute Gasteiger partial charge is 0.257 e. The molecular formula is C13H13N3O2. The first-order chi connectivity index (χ1) is 8.70. The second-order valence-electron chi connectivity index (χ2n) is 3.65. The fraction of sp³-hybridized carbons (Fsp3) is 0.0769. The van der Waals surface area contributed by atoms with Crippen LogP contribution in [0.2, 0.25) is 0 Å². The summed E-state index contributed by atoms with van der Waals surface area (Å²) in [6.07, 6.45) is 2.97. The Balaban J connectivity index is 2.19. The van der Waals surface area contributed by atoms with Crippen LogP contribution in [0.1, 0.15) is 10.4 Å². The maximum Gasteiger partial charge on any atom is 0.257 e. The summed E-state index contributed by atoms with van der Waals surface area (Å²) in [5.74, 6) is 0.402. The van der Waals surface area contributed by atoms with Gasteiger partial charge in [0.15, 0.2) is 0 Å². The summed E-state index contributed by atoms with van der Waals surface area (Å²) in [4.78, 5) is 15.8. The van der Waals surface area contributed by atoms with Gasteiger partial charge in [0.25, 0.3) is 5.91 Å². The van der Waals surface area contributed by atoms with Gasteiger partial charge in [-0.3, -0.25) is 9.78 Å². The number of hydrogen-bond donors (Lipinski definition) is 2. The molecule has 5 nitrogen and oxygen atoms in total. The molecule has 3 N–H and O–H groups in total. The summed E-state index contributed by atoms with van der Waals surface area (Å²) in [5.41, 5.74) is 7.07. The Morgan fingerprint density at radius 3 is 2.94 bits per heavy atom. The zero-order valence-corrected chi connectivity index (χ0v) is 9.88. The Hall–Kier alpha value is -2.56. The average molecular weight is 243 g/mol. The number of rotatable bonds is 3. The van der Waals surface area contributed by atoms with Gasteiger partial charge in [-0.25, -0.2) is 0 Å². The number of amides is 1. The van der Waals surface area contributed by atoms with E-state index in [9.17, 15) is 4.79 Å². The molecule has 0 atom stereocenters. The van der Waals surface area contributed by atoms with E-state index >= 15 is 0 Å². The van der Waals surface area contributed by atoms with E-state index < -0.39 is 0 Å². The molecule has 0 unspecified atom stereocenters. The fourth-order valence-electron chi connectivity index (χ4n) is 1.51. The second kappa shape index (κ2) is 5.18. The van der Waals surface area contributed by atoms with Crippen LogP contribution in [0.15, 0.2) is 42.7 Å². The van der Waals surface area contributed by atoms with E-state index in [0.29, 0.717) is 22.7 Å². The van der Waals surface area contributed by atoms with Crippen LogP contribution in [0.25, 0.3) is 0 Å². The third-order valence-electron chi connectivity index (χ3n) is 2.42. The normalized spacial score (nSPS) is 9.83. The monoisotopic (exact) mass is 243 g/mol. The molecule has 1 heterocycles. The van der Waals surface area contributed by atoms with Gasteiger partial charge < -0.3 is 15.8 Å². The van der Waals surface area contributed by atoms with Crippen molar-refractivity contribution in [1.82, 2.24) is 4.98 Å². The summed E-state index contributed by atoms with van der Waals surface area (Å²) in [5, 5.41) is 2.75. The van der Waals surface area contributed by atoms with Gasteiger partial charge >= 0.3 is 0 Å². The Bertz CT molecular complexity index is 570. The number of methoxy groups -OCH3 is 1. The zero-order chi connectivity index (χ0) is 13.0. The third kappa shape index (κ3) is 2.57. The Morgan fingerprint density at radius 2 is 2.22 bits per heavy atom. The van der Waals surface area contributed by atoms with Crippen LogP contribution in [-0.4, -0.2) is 18.0 Å². The Kier molecular flexibility index (Phi) is 3.43. The van der Waals surface area contributed by atoms with Gasteiger partial charge in [-0.1, -0.05) is 6.07 Å². The van der Waals surface area contributed by atoms with E-state index in [1.54, 1.807) is 37.4 Å². The van der Waals surface area contributed by atoms with Gasteiger partial charge in [0.2, 0.25) is 0 Å². The highest BCUT2D eigenvalue weighted by Gasteiger charge is 2.09. The molecular weight excluding hydrogens is 230 g/mol. The van der Waals surface area contributed by atoms with Crippen molar-refractivity contribution >= 4 is 17.3 Å². The molecule has 1 aromatic heterocycles. The van der Waals surface area contributed by atoms with Gasteiger partial charge in [0, 0.05) is 18.0 Å². The van der Waals surface area contributed by atoms with Crippen molar-refractivity contribution in [1.29, 1.82) is 0 Å². The summed E-state index contributed by atoms with van der Waals surface area (Å²) < 4.78 is 5.08. The molecule has 2 rings (SSSR count). The van der Waals surface area contributed by atoms with Gasteiger partial charge in [0.05, 0.1) is 24.6 Å². The highest BCUT2D eigenvalue weighted by Crippen LogP contribution is 2.18. The minimum atomic E-state index is -0.275. The Labute approximate surface area is 105 Å². The summed E-state index contributed by atoms with van der Waals surface area (Å²) >= 11 is 0. The first-order valence-corrected chi connectivity index (χ1v) is 5.35. The van der Waals surface area contributed by atoms with Crippen LogP contribution in [-0.2, 0) is 0 Å². The quantitative estimate of drug-likeness (QED) is 0.863. The van der Waals surface area contributed by atoms with Crippen molar-refractivity contribution in [3.8, 4) is 5.75 Å². The first kappa shape index (κ1) is 11.9. The molecule has 18 heavy (non-hydrogen) atoms. The topological polar surface area (TPSA) is 77.2 Å². The number of nitrogens with one attached hydrogen (secondary N) is 1. The minimum absolute atomic E-state index is 0.275. The highest BCUT2D eigenvalue weighted by atomic mass is 16.5. The number of carbonyl (C=O) groups is 1. The number of anilines is 2. The number of nitrogen functional groups attached to an aromatic ring is 1. The molecule has 1 aromatic carbocycles. The van der Waals surface area contributed by atoms with Crippen LogP contribution >= 0.6 is 0 Å². The third-order valence-corrected chi connectivity index (χ3v) is 2.42. The van der Waals surface area contributed by atoms with Crippen molar-refractivity contribution in [3.63, 3.8) is 0 Å². The van der Waals surface area contributed by atoms with Crippen molar-refractivity contribution in [3.05, 3.63) is 48.3 Å². The zero-order valence-electron chi connectivity index (χ0n) is 9.88. The largest absolute Gasteiger partial charge is 0.497 e. The number of carbonyl (C=O) groups excluding carboxylic acids is 1. The molecule has 0 aliphatic rings. The van der Waals surface area contributed by atoms with Crippen LogP contribution < -0.4 is 15.8 Å². The number of nitrogens with two attached hydrogens (primary N) is 1. The van der Waals surface area contributed by atoms with E-state index in [1.807, 2.05) is 0 Å². The van der Waals surface area contributed by atoms with E-state index in [-0.39, 0.29) is 5.91 Å². The maximum atomic E-state index is 12.0. The predicted octanol–water partition coefficient (Wildman–Crippen LogP) is 1.92. The first-order valence-electron chi connectivity index (χ1n) is 5.35. The lowest BCUT2D eigenvalue weighted by Crippen LogP contribution is -2.14. The number of pyridine rings is 1. The van der Waals surface area contributed by atoms with Gasteiger partial charge in [-0.2, -0.15) is 0 Å². The minimum Gasteiger partial charge on any atom is -0.497 e. The number of aromatic nitrogens is 1. The molecule has 0 aliphatic heterocycles. The predicted molar refractivity (Wildman–Crippen MR) is 69.6 cm³/mol. The summed E-state index contributed by atoms with van der Waals surface area (Å²) in [6, 6.07) is 8.68. The molecule has 0 saturated heterocycles. The van der Waals surface area contributed by atoms with E-state index in [1.165, 1.54) is 12.4 Å². The lowest BCUT2D eigenvalue weighted by atomic mass is 10.2. The maximum absolute atomic E-state index is 12.0. The van der Waals surface area contributed by atoms with Crippen LogP contribution in [0, 0.1) is 0 Å². The molecule has 92 valence electrons. The van der Waals surface area contributed by atoms with Crippen LogP contribution in [0.5, 0.6) is 5.75 Å². The van der Waals surface area contributed by atoms with Crippen molar-refractivity contribution < 1.29 is 9.53 Å². The average Bonchev–Trinajstić information content (AvgIpc) is 2.39. The lowest BCUT2D eigenvalue weighted by molar-refractivity contribution is 0.102. The van der Waals surface area contributed by atoms with Gasteiger partial charge in [-0.05, 0) is 18.2 Å². The summed E-state index contributed by atoms with van der Waals surface area (Å²) in [7, 11) is 1.57. The van der Waals surface area contributed by atoms with Crippen LogP contribution in [0.4, 0.5) is 11.4 Å². The number of hydrogen-bond acceptors (Lipinski definition) is 4. The highest BCUT2D eigenvalue weighted by molar-refractivity contribution is 6.07. The lowest BCUT2D eigenvalue weighted by Gasteiger charge is -2.08. The van der Waals surface area contributed by atoms with Gasteiger partial charge in [-0.15, -0.1) is 0 Å². The standard InChI is InChI=1S/C13H13N3O2/c1-18-10-4-2-3-9(7-10)16-13(17)11-5-6-15-8-12(11)14/h2-8H,14H2,1H3,(H,16,17). The molecule has 0 aliphatic carbocycles. The molecule has 0 radical (unpaired) electrons. The van der Waals surface area contributed by atoms with Gasteiger partial charge in [0.1, 0.15) is 5.75 Å². The number of benzene rings is 1. The fourth-order valence-corrected chi connectivity index (χ4v) is 1.51. The van der Waals surface area contributed by atoms with E-state index in [4.69, 9.17) is 10.5 Å². The molecule has 5 heteroatoms. The SMILES string of the molecule is COc1cccc(NC(=O)c2ccncc2N)c1. The van der Waals surface area contributed by atoms with Crippen LogP contribution in [0.3, 0.4) is 0 Å². The molecule has 0 spiro atoms. The second-order valence-corrected chi connectivity index (χ2v) is 3.65. The molecule has 0 fully saturated rings. The molecule has 1 amide bonds. The Morgan fingerprint density at radius 1 is 1.39 bits per heavy atom. The number of nitrogens with zero attached hydrogens (tertiary/aromatic N) is 1.